The number of aryl methyl sites for hydroxylation is 2. The molecular weight excluding hydrogens is 355 g/mol. The second-order valence-corrected chi connectivity index (χ2v) is 3.83. The highest BCUT2D eigenvalue weighted by atomic mass is 127. The van der Waals surface area contributed by atoms with E-state index in [1.165, 1.54) is 0 Å². The Balaban J connectivity index is 0.00000324. The molecule has 0 bridgehead atoms. The van der Waals surface area contributed by atoms with Crippen LogP contribution in [0.5, 0.6) is 0 Å². The van der Waals surface area contributed by atoms with E-state index in [2.05, 4.69) is 41.2 Å². The lowest BCUT2D eigenvalue weighted by atomic mass is 10.1. The normalized spacial score (nSPS) is 10.8. The van der Waals surface area contributed by atoms with Gasteiger partial charge in [0, 0.05) is 32.1 Å². The number of hydrogen-bond donors (Lipinski definition) is 2. The first-order valence-electron chi connectivity index (χ1n) is 6.28. The smallest absolute Gasteiger partial charge is 0.191 e. The Labute approximate surface area is 131 Å². The molecule has 0 aromatic carbocycles. The van der Waals surface area contributed by atoms with Crippen molar-refractivity contribution in [2.45, 2.75) is 33.2 Å². The Hall–Kier alpha value is -1.05. The van der Waals surface area contributed by atoms with Crippen LogP contribution in [0.2, 0.25) is 0 Å². The van der Waals surface area contributed by atoms with Crippen molar-refractivity contribution < 1.29 is 4.52 Å². The molecule has 6 heteroatoms. The fourth-order valence-electron chi connectivity index (χ4n) is 1.70. The van der Waals surface area contributed by atoms with Crippen molar-refractivity contribution in [3.05, 3.63) is 29.7 Å². The molecule has 5 nitrogen and oxygen atoms in total. The highest BCUT2D eigenvalue weighted by Crippen LogP contribution is 2.15. The fourth-order valence-corrected chi connectivity index (χ4v) is 1.70. The van der Waals surface area contributed by atoms with Crippen molar-refractivity contribution in [2.75, 3.05) is 13.6 Å². The number of hydrogen-bond acceptors (Lipinski definition) is 3. The minimum Gasteiger partial charge on any atom is -0.361 e. The molecule has 0 radical (unpaired) electrons. The standard InChI is InChI=1S/C13H22N4O.HI/c1-5-8-15-13(14-4)16-9-10-11(6-2)17-18-12(10)7-3;/h5H,1,6-9H2,2-4H3,(H2,14,15,16);1H. The molecule has 0 aliphatic carbocycles. The minimum atomic E-state index is 0. The average molecular weight is 378 g/mol. The van der Waals surface area contributed by atoms with Crippen molar-refractivity contribution in [1.29, 1.82) is 0 Å². The summed E-state index contributed by atoms with van der Waals surface area (Å²) in [5.74, 6) is 1.69. The van der Waals surface area contributed by atoms with Gasteiger partial charge in [-0.3, -0.25) is 4.99 Å². The van der Waals surface area contributed by atoms with Crippen LogP contribution in [0.4, 0.5) is 0 Å². The molecule has 2 N–H and O–H groups in total. The van der Waals surface area contributed by atoms with Crippen molar-refractivity contribution in [2.24, 2.45) is 4.99 Å². The Kier molecular flexibility index (Phi) is 9.28. The summed E-state index contributed by atoms with van der Waals surface area (Å²) in [6.45, 7) is 9.16. The molecule has 108 valence electrons. The average Bonchev–Trinajstić information content (AvgIpc) is 2.81. The Morgan fingerprint density at radius 1 is 1.37 bits per heavy atom. The number of nitrogens with one attached hydrogen (secondary N) is 2. The van der Waals surface area contributed by atoms with Gasteiger partial charge in [-0.15, -0.1) is 30.6 Å². The van der Waals surface area contributed by atoms with Crippen LogP contribution in [-0.4, -0.2) is 24.7 Å². The zero-order valence-corrected chi connectivity index (χ0v) is 14.2. The summed E-state index contributed by atoms with van der Waals surface area (Å²) in [6, 6.07) is 0. The van der Waals surface area contributed by atoms with Crippen LogP contribution in [0.3, 0.4) is 0 Å². The van der Waals surface area contributed by atoms with E-state index in [9.17, 15) is 0 Å². The predicted octanol–water partition coefficient (Wildman–Crippen LogP) is 2.27. The first kappa shape index (κ1) is 17.9. The van der Waals surface area contributed by atoms with Crippen LogP contribution in [-0.2, 0) is 19.4 Å². The van der Waals surface area contributed by atoms with Crippen molar-refractivity contribution in [3.8, 4) is 0 Å². The lowest BCUT2D eigenvalue weighted by molar-refractivity contribution is 0.380. The second-order valence-electron chi connectivity index (χ2n) is 3.83. The van der Waals surface area contributed by atoms with Gasteiger partial charge in [0.1, 0.15) is 5.76 Å². The quantitative estimate of drug-likeness (QED) is 0.345. The maximum Gasteiger partial charge on any atom is 0.191 e. The third-order valence-electron chi connectivity index (χ3n) is 2.68. The van der Waals surface area contributed by atoms with E-state index < -0.39 is 0 Å². The number of guanidine groups is 1. The summed E-state index contributed by atoms with van der Waals surface area (Å²) in [4.78, 5) is 4.13. The monoisotopic (exact) mass is 378 g/mol. The number of aliphatic imine (C=N–C) groups is 1. The second kappa shape index (κ2) is 9.82. The van der Waals surface area contributed by atoms with Crippen LogP contribution in [0, 0.1) is 0 Å². The number of nitrogens with zero attached hydrogens (tertiary/aromatic N) is 2. The van der Waals surface area contributed by atoms with Gasteiger partial charge in [-0.25, -0.2) is 0 Å². The van der Waals surface area contributed by atoms with E-state index >= 15 is 0 Å². The largest absolute Gasteiger partial charge is 0.361 e. The summed E-state index contributed by atoms with van der Waals surface area (Å²) in [6.07, 6.45) is 3.52. The SMILES string of the molecule is C=CCNC(=NC)NCc1c(CC)noc1CC.I. The lowest BCUT2D eigenvalue weighted by Gasteiger charge is -2.10. The summed E-state index contributed by atoms with van der Waals surface area (Å²) in [5.41, 5.74) is 2.15. The van der Waals surface area contributed by atoms with Crippen LogP contribution in [0.25, 0.3) is 0 Å². The first-order valence-corrected chi connectivity index (χ1v) is 6.28. The zero-order chi connectivity index (χ0) is 13.4. The van der Waals surface area contributed by atoms with Crippen LogP contribution in [0.1, 0.15) is 30.9 Å². The van der Waals surface area contributed by atoms with E-state index in [1.807, 2.05) is 0 Å². The molecule has 0 amide bonds. The molecule has 1 aromatic rings. The van der Waals surface area contributed by atoms with Gasteiger partial charge in [-0.2, -0.15) is 0 Å². The third-order valence-corrected chi connectivity index (χ3v) is 2.68. The lowest BCUT2D eigenvalue weighted by Crippen LogP contribution is -2.37. The highest BCUT2D eigenvalue weighted by Gasteiger charge is 2.13. The minimum absolute atomic E-state index is 0. The number of halogens is 1. The van der Waals surface area contributed by atoms with Gasteiger partial charge in [0.05, 0.1) is 5.69 Å². The predicted molar refractivity (Wildman–Crippen MR) is 89.1 cm³/mol. The Bertz CT molecular complexity index is 393. The van der Waals surface area contributed by atoms with Crippen LogP contribution < -0.4 is 10.6 Å². The van der Waals surface area contributed by atoms with Gasteiger partial charge in [0.25, 0.3) is 0 Å². The van der Waals surface area contributed by atoms with Gasteiger partial charge in [0.15, 0.2) is 5.96 Å². The molecule has 1 aromatic heterocycles. The highest BCUT2D eigenvalue weighted by molar-refractivity contribution is 14.0. The molecule has 0 spiro atoms. The number of rotatable bonds is 6. The molecule has 0 aliphatic rings. The molecule has 0 saturated carbocycles. The fraction of sp³-hybridized carbons (Fsp3) is 0.538. The molecule has 1 heterocycles. The molecule has 0 aliphatic heterocycles. The summed E-state index contributed by atoms with van der Waals surface area (Å²) < 4.78 is 5.32. The van der Waals surface area contributed by atoms with Crippen molar-refractivity contribution in [3.63, 3.8) is 0 Å². The van der Waals surface area contributed by atoms with E-state index in [0.717, 1.165) is 35.8 Å². The molecule has 0 unspecified atom stereocenters. The maximum absolute atomic E-state index is 5.32. The topological polar surface area (TPSA) is 62.5 Å². The van der Waals surface area contributed by atoms with E-state index in [4.69, 9.17) is 4.52 Å². The molecular formula is C13H23IN4O. The van der Waals surface area contributed by atoms with E-state index in [1.54, 1.807) is 13.1 Å². The van der Waals surface area contributed by atoms with Gasteiger partial charge in [0.2, 0.25) is 0 Å². The van der Waals surface area contributed by atoms with Crippen molar-refractivity contribution >= 4 is 29.9 Å². The molecule has 0 saturated heterocycles. The Morgan fingerprint density at radius 3 is 2.63 bits per heavy atom. The molecule has 0 fully saturated rings. The number of aromatic nitrogens is 1. The molecule has 19 heavy (non-hydrogen) atoms. The van der Waals surface area contributed by atoms with Gasteiger partial charge in [-0.1, -0.05) is 25.1 Å². The van der Waals surface area contributed by atoms with E-state index in [-0.39, 0.29) is 24.0 Å². The maximum atomic E-state index is 5.32. The molecule has 0 atom stereocenters. The van der Waals surface area contributed by atoms with Gasteiger partial charge < -0.3 is 15.2 Å². The van der Waals surface area contributed by atoms with E-state index in [0.29, 0.717) is 13.1 Å². The van der Waals surface area contributed by atoms with Gasteiger partial charge >= 0.3 is 0 Å². The summed E-state index contributed by atoms with van der Waals surface area (Å²) in [5, 5.41) is 10.5. The van der Waals surface area contributed by atoms with Crippen molar-refractivity contribution in [1.82, 2.24) is 15.8 Å². The first-order chi connectivity index (χ1) is 8.76. The zero-order valence-electron chi connectivity index (χ0n) is 11.8. The van der Waals surface area contributed by atoms with Crippen LogP contribution >= 0.6 is 24.0 Å². The van der Waals surface area contributed by atoms with Crippen LogP contribution in [0.15, 0.2) is 22.2 Å². The van der Waals surface area contributed by atoms with Gasteiger partial charge in [-0.05, 0) is 6.42 Å². The Morgan fingerprint density at radius 2 is 2.11 bits per heavy atom. The third kappa shape index (κ3) is 5.22. The molecule has 1 rings (SSSR count). The summed E-state index contributed by atoms with van der Waals surface area (Å²) in [7, 11) is 1.74. The summed E-state index contributed by atoms with van der Waals surface area (Å²) >= 11 is 0.